The SMILES string of the molecule is COc1cccc(C23CCN(C)CC2Cc2c([nH]c4cc(F)ccc24)C3)c1. The van der Waals surface area contributed by atoms with Gasteiger partial charge in [0.1, 0.15) is 11.6 Å². The van der Waals surface area contributed by atoms with E-state index in [0.29, 0.717) is 5.92 Å². The van der Waals surface area contributed by atoms with Crippen LogP contribution < -0.4 is 4.74 Å². The molecule has 2 aliphatic rings. The molecule has 140 valence electrons. The number of hydrogen-bond acceptors (Lipinski definition) is 2. The molecule has 2 aromatic carbocycles. The number of hydrogen-bond donors (Lipinski definition) is 1. The summed E-state index contributed by atoms with van der Waals surface area (Å²) in [5.74, 6) is 1.28. The molecular weight excluding hydrogens is 339 g/mol. The van der Waals surface area contributed by atoms with Crippen LogP contribution in [0.5, 0.6) is 5.75 Å². The van der Waals surface area contributed by atoms with Crippen molar-refractivity contribution >= 4 is 10.9 Å². The van der Waals surface area contributed by atoms with Crippen LogP contribution in [0.3, 0.4) is 0 Å². The van der Waals surface area contributed by atoms with Crippen LogP contribution in [-0.2, 0) is 18.3 Å². The maximum atomic E-state index is 13.7. The van der Waals surface area contributed by atoms with Crippen molar-refractivity contribution in [2.75, 3.05) is 27.2 Å². The molecule has 2 heterocycles. The zero-order valence-corrected chi connectivity index (χ0v) is 15.9. The number of rotatable bonds is 2. The predicted octanol–water partition coefficient (Wildman–Crippen LogP) is 4.30. The normalized spacial score (nSPS) is 25.2. The first kappa shape index (κ1) is 16.8. The highest BCUT2D eigenvalue weighted by molar-refractivity contribution is 5.85. The number of ether oxygens (including phenoxy) is 1. The summed E-state index contributed by atoms with van der Waals surface area (Å²) in [7, 11) is 3.95. The molecular formula is C23H25FN2O. The Kier molecular flexibility index (Phi) is 3.80. The smallest absolute Gasteiger partial charge is 0.125 e. The van der Waals surface area contributed by atoms with Crippen LogP contribution in [-0.4, -0.2) is 37.1 Å². The Hall–Kier alpha value is -2.33. The van der Waals surface area contributed by atoms with Gasteiger partial charge in [-0.1, -0.05) is 12.1 Å². The van der Waals surface area contributed by atoms with Gasteiger partial charge in [0.05, 0.1) is 7.11 Å². The molecule has 3 aromatic rings. The summed E-state index contributed by atoms with van der Waals surface area (Å²) in [4.78, 5) is 5.99. The molecule has 1 N–H and O–H groups in total. The molecule has 2 unspecified atom stereocenters. The summed E-state index contributed by atoms with van der Waals surface area (Å²) < 4.78 is 19.2. The van der Waals surface area contributed by atoms with Gasteiger partial charge in [0.25, 0.3) is 0 Å². The van der Waals surface area contributed by atoms with Crippen molar-refractivity contribution in [3.63, 3.8) is 0 Å². The first-order chi connectivity index (χ1) is 13.1. The molecule has 27 heavy (non-hydrogen) atoms. The Bertz CT molecular complexity index is 1010. The highest BCUT2D eigenvalue weighted by atomic mass is 19.1. The third-order valence-electron chi connectivity index (χ3n) is 6.80. The lowest BCUT2D eigenvalue weighted by atomic mass is 9.59. The fraction of sp³-hybridized carbons (Fsp3) is 0.391. The van der Waals surface area contributed by atoms with Gasteiger partial charge >= 0.3 is 0 Å². The Balaban J connectivity index is 1.66. The number of nitrogens with one attached hydrogen (secondary N) is 1. The lowest BCUT2D eigenvalue weighted by Crippen LogP contribution is -2.52. The van der Waals surface area contributed by atoms with Crippen LogP contribution in [0, 0.1) is 11.7 Å². The van der Waals surface area contributed by atoms with Gasteiger partial charge in [-0.15, -0.1) is 0 Å². The lowest BCUT2D eigenvalue weighted by molar-refractivity contribution is 0.0994. The fourth-order valence-electron chi connectivity index (χ4n) is 5.37. The number of aromatic amines is 1. The van der Waals surface area contributed by atoms with Crippen molar-refractivity contribution in [1.29, 1.82) is 0 Å². The van der Waals surface area contributed by atoms with Gasteiger partial charge in [0.2, 0.25) is 0 Å². The van der Waals surface area contributed by atoms with Gasteiger partial charge in [-0.3, -0.25) is 0 Å². The minimum absolute atomic E-state index is 0.105. The Morgan fingerprint density at radius 2 is 2.11 bits per heavy atom. The molecule has 4 heteroatoms. The van der Waals surface area contributed by atoms with Crippen LogP contribution in [0.25, 0.3) is 10.9 Å². The van der Waals surface area contributed by atoms with Gasteiger partial charge in [-0.05, 0) is 80.2 Å². The van der Waals surface area contributed by atoms with Crippen molar-refractivity contribution in [1.82, 2.24) is 9.88 Å². The van der Waals surface area contributed by atoms with E-state index < -0.39 is 0 Å². The first-order valence-corrected chi connectivity index (χ1v) is 9.71. The van der Waals surface area contributed by atoms with Crippen LogP contribution in [0.1, 0.15) is 23.2 Å². The van der Waals surface area contributed by atoms with E-state index >= 15 is 0 Å². The Morgan fingerprint density at radius 1 is 1.22 bits per heavy atom. The molecule has 0 amide bonds. The summed E-state index contributed by atoms with van der Waals surface area (Å²) in [6, 6.07) is 13.7. The minimum atomic E-state index is -0.180. The number of methoxy groups -OCH3 is 1. The van der Waals surface area contributed by atoms with Gasteiger partial charge in [0, 0.05) is 28.6 Å². The summed E-state index contributed by atoms with van der Waals surface area (Å²) >= 11 is 0. The highest BCUT2D eigenvalue weighted by Crippen LogP contribution is 2.49. The summed E-state index contributed by atoms with van der Waals surface area (Å²) in [5, 5.41) is 1.18. The molecule has 1 aliphatic heterocycles. The first-order valence-electron chi connectivity index (χ1n) is 9.71. The van der Waals surface area contributed by atoms with Crippen molar-refractivity contribution in [3.05, 3.63) is 65.1 Å². The molecule has 1 saturated heterocycles. The van der Waals surface area contributed by atoms with Crippen molar-refractivity contribution in [2.24, 2.45) is 5.92 Å². The summed E-state index contributed by atoms with van der Waals surface area (Å²) in [6.07, 6.45) is 3.14. The standard InChI is InChI=1S/C23H25FN2O/c1-26-9-8-23(15-4-3-5-18(10-15)27-2)13-22-20(11-16(23)14-26)19-7-6-17(24)12-21(19)25-22/h3-7,10,12,16,25H,8-9,11,13-14H2,1-2H3. The lowest BCUT2D eigenvalue weighted by Gasteiger charge is -2.50. The van der Waals surface area contributed by atoms with E-state index in [-0.39, 0.29) is 11.2 Å². The molecule has 0 spiro atoms. The number of piperidine rings is 1. The number of aromatic nitrogens is 1. The van der Waals surface area contributed by atoms with Gasteiger partial charge in [-0.25, -0.2) is 4.39 Å². The van der Waals surface area contributed by atoms with E-state index in [0.717, 1.165) is 43.6 Å². The van der Waals surface area contributed by atoms with Gasteiger partial charge in [0.15, 0.2) is 0 Å². The minimum Gasteiger partial charge on any atom is -0.497 e. The van der Waals surface area contributed by atoms with E-state index in [9.17, 15) is 4.39 Å². The Morgan fingerprint density at radius 3 is 2.96 bits per heavy atom. The molecule has 1 fully saturated rings. The molecule has 0 saturated carbocycles. The van der Waals surface area contributed by atoms with E-state index in [4.69, 9.17) is 4.74 Å². The number of halogens is 1. The quantitative estimate of drug-likeness (QED) is 0.734. The molecule has 0 bridgehead atoms. The zero-order chi connectivity index (χ0) is 18.6. The van der Waals surface area contributed by atoms with E-state index in [1.807, 2.05) is 12.1 Å². The predicted molar refractivity (Wildman–Crippen MR) is 106 cm³/mol. The van der Waals surface area contributed by atoms with Gasteiger partial charge < -0.3 is 14.6 Å². The monoisotopic (exact) mass is 364 g/mol. The maximum Gasteiger partial charge on any atom is 0.125 e. The second-order valence-corrected chi connectivity index (χ2v) is 8.25. The number of fused-ring (bicyclic) bond motifs is 4. The molecule has 2 atom stereocenters. The molecule has 1 aliphatic carbocycles. The number of benzene rings is 2. The second-order valence-electron chi connectivity index (χ2n) is 8.25. The molecule has 3 nitrogen and oxygen atoms in total. The largest absolute Gasteiger partial charge is 0.497 e. The number of likely N-dealkylation sites (tertiary alicyclic amines) is 1. The van der Waals surface area contributed by atoms with Gasteiger partial charge in [-0.2, -0.15) is 0 Å². The zero-order valence-electron chi connectivity index (χ0n) is 15.9. The van der Waals surface area contributed by atoms with Crippen LogP contribution in [0.15, 0.2) is 42.5 Å². The van der Waals surface area contributed by atoms with E-state index in [2.05, 4.69) is 35.1 Å². The maximum absolute atomic E-state index is 13.7. The van der Waals surface area contributed by atoms with Crippen LogP contribution in [0.2, 0.25) is 0 Å². The highest BCUT2D eigenvalue weighted by Gasteiger charge is 2.47. The Labute approximate surface area is 159 Å². The van der Waals surface area contributed by atoms with Crippen molar-refractivity contribution in [3.8, 4) is 5.75 Å². The number of nitrogens with zero attached hydrogens (tertiary/aromatic N) is 1. The van der Waals surface area contributed by atoms with E-state index in [1.54, 1.807) is 19.2 Å². The summed E-state index contributed by atoms with van der Waals surface area (Å²) in [5.41, 5.74) is 5.05. The average molecular weight is 364 g/mol. The third-order valence-corrected chi connectivity index (χ3v) is 6.80. The number of H-pyrrole nitrogens is 1. The molecule has 0 radical (unpaired) electrons. The van der Waals surface area contributed by atoms with Crippen molar-refractivity contribution < 1.29 is 9.13 Å². The molecule has 1 aromatic heterocycles. The molecule has 5 rings (SSSR count). The second kappa shape index (κ2) is 6.10. The summed E-state index contributed by atoms with van der Waals surface area (Å²) in [6.45, 7) is 2.18. The van der Waals surface area contributed by atoms with Crippen molar-refractivity contribution in [2.45, 2.75) is 24.7 Å². The average Bonchev–Trinajstić information content (AvgIpc) is 3.02. The van der Waals surface area contributed by atoms with Crippen LogP contribution >= 0.6 is 0 Å². The van der Waals surface area contributed by atoms with E-state index in [1.165, 1.54) is 22.2 Å². The third kappa shape index (κ3) is 2.58. The fourth-order valence-corrected chi connectivity index (χ4v) is 5.37. The van der Waals surface area contributed by atoms with Crippen LogP contribution in [0.4, 0.5) is 4.39 Å². The topological polar surface area (TPSA) is 28.3 Å².